The minimum Gasteiger partial charge on any atom is -0.480 e. The van der Waals surface area contributed by atoms with Crippen molar-refractivity contribution >= 4 is 33.8 Å². The zero-order valence-corrected chi connectivity index (χ0v) is 21.2. The van der Waals surface area contributed by atoms with Gasteiger partial charge >= 0.3 is 5.97 Å². The predicted octanol–water partition coefficient (Wildman–Crippen LogP) is 4.30. The van der Waals surface area contributed by atoms with E-state index < -0.39 is 40.9 Å². The molecule has 0 aliphatic rings. The van der Waals surface area contributed by atoms with E-state index in [-0.39, 0.29) is 28.6 Å². The Labute approximate surface area is 224 Å². The molecule has 202 valence electrons. The first-order chi connectivity index (χ1) is 19.1. The van der Waals surface area contributed by atoms with Gasteiger partial charge in [-0.2, -0.15) is 0 Å². The maximum atomic E-state index is 14.1. The van der Waals surface area contributed by atoms with Gasteiger partial charge in [0.15, 0.2) is 0 Å². The molecule has 0 bridgehead atoms. The van der Waals surface area contributed by atoms with Crippen molar-refractivity contribution in [2.45, 2.75) is 19.4 Å². The number of aromatic nitrogens is 3. The van der Waals surface area contributed by atoms with Crippen LogP contribution in [0.15, 0.2) is 65.7 Å². The van der Waals surface area contributed by atoms with Crippen LogP contribution in [-0.2, 0) is 18.3 Å². The number of rotatable bonds is 6. The molecule has 5 rings (SSSR count). The average Bonchev–Trinajstić information content (AvgIpc) is 2.92. The van der Waals surface area contributed by atoms with Crippen LogP contribution in [0.5, 0.6) is 0 Å². The van der Waals surface area contributed by atoms with Crippen LogP contribution in [0.4, 0.5) is 13.2 Å². The number of hydrogen-bond donors (Lipinski definition) is 2. The Balaban J connectivity index is 1.60. The third-order valence-electron chi connectivity index (χ3n) is 6.81. The Morgan fingerprint density at radius 3 is 2.35 bits per heavy atom. The van der Waals surface area contributed by atoms with E-state index in [4.69, 9.17) is 0 Å². The third kappa shape index (κ3) is 4.55. The quantitative estimate of drug-likeness (QED) is 0.328. The lowest BCUT2D eigenvalue weighted by atomic mass is 9.94. The predicted molar refractivity (Wildman–Crippen MR) is 141 cm³/mol. The SMILES string of the molecule is Cc1c(-c2ccc(C[C@H](NC(=O)c3c(F)cccc3F)C(=O)O)c3nccnc23)c(=O)n(C)c2ccc(F)cc12. The molecule has 0 fully saturated rings. The van der Waals surface area contributed by atoms with E-state index in [1.807, 2.05) is 0 Å². The smallest absolute Gasteiger partial charge is 0.326 e. The van der Waals surface area contributed by atoms with Crippen molar-refractivity contribution in [3.63, 3.8) is 0 Å². The molecule has 0 spiro atoms. The van der Waals surface area contributed by atoms with Gasteiger partial charge in [-0.25, -0.2) is 18.0 Å². The van der Waals surface area contributed by atoms with Crippen LogP contribution >= 0.6 is 0 Å². The minimum absolute atomic E-state index is 0.262. The number of nitrogens with zero attached hydrogens (tertiary/aromatic N) is 3. The first-order valence-corrected chi connectivity index (χ1v) is 12.1. The van der Waals surface area contributed by atoms with E-state index in [9.17, 15) is 32.7 Å². The van der Waals surface area contributed by atoms with Crippen molar-refractivity contribution in [3.05, 3.63) is 105 Å². The number of fused-ring (bicyclic) bond motifs is 2. The highest BCUT2D eigenvalue weighted by Crippen LogP contribution is 2.32. The summed E-state index contributed by atoms with van der Waals surface area (Å²) in [6.07, 6.45) is 2.50. The van der Waals surface area contributed by atoms with Crippen LogP contribution in [0, 0.1) is 24.4 Å². The largest absolute Gasteiger partial charge is 0.480 e. The summed E-state index contributed by atoms with van der Waals surface area (Å²) in [5.41, 5.74) is 1.41. The summed E-state index contributed by atoms with van der Waals surface area (Å²) >= 11 is 0. The molecule has 0 saturated carbocycles. The Bertz CT molecular complexity index is 1880. The second-order valence-corrected chi connectivity index (χ2v) is 9.22. The molecule has 0 saturated heterocycles. The molecule has 0 aliphatic carbocycles. The molecular formula is C29H21F3N4O4. The summed E-state index contributed by atoms with van der Waals surface area (Å²) in [4.78, 5) is 46.8. The molecule has 1 atom stereocenters. The first-order valence-electron chi connectivity index (χ1n) is 12.1. The Morgan fingerprint density at radius 2 is 1.68 bits per heavy atom. The van der Waals surface area contributed by atoms with E-state index in [1.165, 1.54) is 35.2 Å². The lowest BCUT2D eigenvalue weighted by Crippen LogP contribution is -2.43. The molecular weight excluding hydrogens is 525 g/mol. The van der Waals surface area contributed by atoms with Gasteiger partial charge in [-0.1, -0.05) is 18.2 Å². The maximum absolute atomic E-state index is 14.1. The lowest BCUT2D eigenvalue weighted by Gasteiger charge is -2.18. The van der Waals surface area contributed by atoms with Crippen molar-refractivity contribution in [2.24, 2.45) is 7.05 Å². The van der Waals surface area contributed by atoms with Gasteiger partial charge < -0.3 is 15.0 Å². The molecule has 2 N–H and O–H groups in total. The number of pyridine rings is 1. The summed E-state index contributed by atoms with van der Waals surface area (Å²) in [5.74, 6) is -5.38. The third-order valence-corrected chi connectivity index (χ3v) is 6.81. The molecule has 0 unspecified atom stereocenters. The Hall–Kier alpha value is -5.06. The van der Waals surface area contributed by atoms with Crippen LogP contribution in [0.25, 0.3) is 33.1 Å². The highest BCUT2D eigenvalue weighted by Gasteiger charge is 2.26. The van der Waals surface area contributed by atoms with Crippen LogP contribution in [0.1, 0.15) is 21.5 Å². The van der Waals surface area contributed by atoms with Gasteiger partial charge in [0.25, 0.3) is 11.5 Å². The van der Waals surface area contributed by atoms with Crippen molar-refractivity contribution in [2.75, 3.05) is 0 Å². The number of nitrogens with one attached hydrogen (secondary N) is 1. The second kappa shape index (κ2) is 10.3. The zero-order chi connectivity index (χ0) is 28.7. The van der Waals surface area contributed by atoms with Gasteiger partial charge in [0, 0.05) is 36.8 Å². The maximum Gasteiger partial charge on any atom is 0.326 e. The van der Waals surface area contributed by atoms with Crippen LogP contribution in [-0.4, -0.2) is 37.6 Å². The van der Waals surface area contributed by atoms with Gasteiger partial charge in [0.05, 0.1) is 22.1 Å². The topological polar surface area (TPSA) is 114 Å². The van der Waals surface area contributed by atoms with Gasteiger partial charge in [-0.15, -0.1) is 0 Å². The number of amides is 1. The van der Waals surface area contributed by atoms with Crippen LogP contribution in [0.3, 0.4) is 0 Å². The molecule has 8 nitrogen and oxygen atoms in total. The van der Waals surface area contributed by atoms with Gasteiger partial charge in [0.1, 0.15) is 29.1 Å². The molecule has 2 heterocycles. The molecule has 1 amide bonds. The highest BCUT2D eigenvalue weighted by molar-refractivity contribution is 5.99. The van der Waals surface area contributed by atoms with E-state index >= 15 is 0 Å². The fraction of sp³-hybridized carbons (Fsp3) is 0.138. The molecule has 5 aromatic rings. The Kier molecular flexibility index (Phi) is 6.80. The van der Waals surface area contributed by atoms with E-state index in [1.54, 1.807) is 26.1 Å². The summed E-state index contributed by atoms with van der Waals surface area (Å²) in [6, 6.07) is 8.57. The van der Waals surface area contributed by atoms with E-state index in [0.717, 1.165) is 18.2 Å². The minimum atomic E-state index is -1.57. The molecule has 0 radical (unpaired) electrons. The number of carboxylic acid groups (broad SMARTS) is 1. The standard InChI is InChI=1S/C29H21F3N4O4/c1-14-18-13-16(30)7-9-22(18)36(2)28(38)23(14)17-8-6-15(25-26(17)34-11-10-33-25)12-21(29(39)40)35-27(37)24-19(31)4-3-5-20(24)32/h3-11,13,21H,12H2,1-2H3,(H,35,37)(H,39,40)/t21-/m0/s1. The van der Waals surface area contributed by atoms with Crippen molar-refractivity contribution in [1.82, 2.24) is 19.9 Å². The Morgan fingerprint density at radius 1 is 1.00 bits per heavy atom. The summed E-state index contributed by atoms with van der Waals surface area (Å²) in [5, 5.41) is 12.5. The fourth-order valence-corrected chi connectivity index (χ4v) is 4.83. The fourth-order valence-electron chi connectivity index (χ4n) is 4.83. The molecule has 3 aromatic carbocycles. The van der Waals surface area contributed by atoms with Gasteiger partial charge in [-0.3, -0.25) is 19.6 Å². The van der Waals surface area contributed by atoms with E-state index in [0.29, 0.717) is 27.6 Å². The summed E-state index contributed by atoms with van der Waals surface area (Å²) in [7, 11) is 1.58. The van der Waals surface area contributed by atoms with Gasteiger partial charge in [-0.05, 0) is 48.4 Å². The number of aryl methyl sites for hydroxylation is 2. The first kappa shape index (κ1) is 26.5. The number of halogens is 3. The molecule has 2 aromatic heterocycles. The number of carbonyl (C=O) groups excluding carboxylic acids is 1. The summed E-state index contributed by atoms with van der Waals surface area (Å²) in [6.45, 7) is 1.70. The van der Waals surface area contributed by atoms with Crippen molar-refractivity contribution in [1.29, 1.82) is 0 Å². The van der Waals surface area contributed by atoms with Gasteiger partial charge in [0.2, 0.25) is 0 Å². The number of carbonyl (C=O) groups is 2. The van der Waals surface area contributed by atoms with Crippen LogP contribution < -0.4 is 10.9 Å². The highest BCUT2D eigenvalue weighted by atomic mass is 19.1. The molecule has 11 heteroatoms. The number of hydrogen-bond acceptors (Lipinski definition) is 5. The number of carboxylic acids is 1. The van der Waals surface area contributed by atoms with Crippen molar-refractivity contribution < 1.29 is 27.9 Å². The van der Waals surface area contributed by atoms with Crippen molar-refractivity contribution in [3.8, 4) is 11.1 Å². The summed E-state index contributed by atoms with van der Waals surface area (Å²) < 4.78 is 43.7. The van der Waals surface area contributed by atoms with E-state index in [2.05, 4.69) is 15.3 Å². The van der Waals surface area contributed by atoms with Crippen LogP contribution in [0.2, 0.25) is 0 Å². The average molecular weight is 547 g/mol. The monoisotopic (exact) mass is 546 g/mol. The normalized spacial score (nSPS) is 12.0. The molecule has 40 heavy (non-hydrogen) atoms. The number of benzene rings is 3. The molecule has 0 aliphatic heterocycles. The number of aliphatic carboxylic acids is 1. The second-order valence-electron chi connectivity index (χ2n) is 9.22. The lowest BCUT2D eigenvalue weighted by molar-refractivity contribution is -0.139. The zero-order valence-electron chi connectivity index (χ0n) is 21.2.